The molecule has 0 spiro atoms. The van der Waals surface area contributed by atoms with Crippen molar-refractivity contribution in [1.29, 1.82) is 0 Å². The number of amides is 1. The number of aromatic nitrogens is 2. The second-order valence-electron chi connectivity index (χ2n) is 2.91. The summed E-state index contributed by atoms with van der Waals surface area (Å²) >= 11 is 0. The zero-order valence-electron chi connectivity index (χ0n) is 6.73. The molecule has 5 nitrogen and oxygen atoms in total. The van der Waals surface area contributed by atoms with Gasteiger partial charge in [-0.25, -0.2) is 0 Å². The summed E-state index contributed by atoms with van der Waals surface area (Å²) in [5.41, 5.74) is 0. The van der Waals surface area contributed by atoms with E-state index >= 15 is 0 Å². The average Bonchev–Trinajstić information content (AvgIpc) is 2.34. The Labute approximate surface area is 69.4 Å². The van der Waals surface area contributed by atoms with E-state index in [1.807, 2.05) is 0 Å². The van der Waals surface area contributed by atoms with Crippen molar-refractivity contribution in [3.63, 3.8) is 0 Å². The highest BCUT2D eigenvalue weighted by Gasteiger charge is 2.32. The molecule has 1 aromatic rings. The van der Waals surface area contributed by atoms with Crippen LogP contribution >= 0.6 is 0 Å². The van der Waals surface area contributed by atoms with Crippen LogP contribution in [-0.4, -0.2) is 34.0 Å². The van der Waals surface area contributed by atoms with Crippen LogP contribution in [0, 0.1) is 0 Å². The van der Waals surface area contributed by atoms with Crippen molar-refractivity contribution in [1.82, 2.24) is 15.0 Å². The lowest BCUT2D eigenvalue weighted by molar-refractivity contribution is -0.133. The molecule has 1 aromatic heterocycles. The fourth-order valence-electron chi connectivity index (χ4n) is 1.26. The zero-order valence-corrected chi connectivity index (χ0v) is 6.73. The number of rotatable bonds is 1. The maximum absolute atomic E-state index is 10.8. The first kappa shape index (κ1) is 7.27. The summed E-state index contributed by atoms with van der Waals surface area (Å²) in [6.07, 6.45) is 1.31. The third-order valence-electron chi connectivity index (χ3n) is 2.07. The molecular formula is C7H9N3O2. The summed E-state index contributed by atoms with van der Waals surface area (Å²) in [5, 5.41) is 3.71. The molecule has 0 unspecified atom stereocenters. The first-order valence-electron chi connectivity index (χ1n) is 3.79. The van der Waals surface area contributed by atoms with Crippen molar-refractivity contribution in [2.45, 2.75) is 12.8 Å². The van der Waals surface area contributed by atoms with Crippen molar-refractivity contribution in [3.05, 3.63) is 12.2 Å². The standard InChI is InChI=1S/C7H9N3O2/c1-5(11)10-2-6(3-10)7-8-4-12-9-7/h4,6H,2-3H2,1H3. The van der Waals surface area contributed by atoms with E-state index in [4.69, 9.17) is 0 Å². The Morgan fingerprint density at radius 2 is 2.50 bits per heavy atom. The van der Waals surface area contributed by atoms with E-state index in [0.717, 1.165) is 13.1 Å². The van der Waals surface area contributed by atoms with Gasteiger partial charge in [0.2, 0.25) is 12.3 Å². The summed E-state index contributed by atoms with van der Waals surface area (Å²) < 4.78 is 4.60. The molecule has 1 saturated heterocycles. The molecule has 0 radical (unpaired) electrons. The Kier molecular flexibility index (Phi) is 1.56. The Morgan fingerprint density at radius 3 is 3.00 bits per heavy atom. The van der Waals surface area contributed by atoms with Crippen LogP contribution in [0.1, 0.15) is 18.7 Å². The van der Waals surface area contributed by atoms with Gasteiger partial charge in [-0.05, 0) is 0 Å². The molecule has 0 N–H and O–H groups in total. The molecule has 0 atom stereocenters. The van der Waals surface area contributed by atoms with E-state index in [9.17, 15) is 4.79 Å². The highest BCUT2D eigenvalue weighted by Crippen LogP contribution is 2.23. The van der Waals surface area contributed by atoms with Crippen molar-refractivity contribution in [3.8, 4) is 0 Å². The maximum Gasteiger partial charge on any atom is 0.219 e. The van der Waals surface area contributed by atoms with Gasteiger partial charge >= 0.3 is 0 Å². The van der Waals surface area contributed by atoms with E-state index in [-0.39, 0.29) is 11.8 Å². The minimum atomic E-state index is 0.106. The molecule has 1 aliphatic rings. The molecule has 0 bridgehead atoms. The maximum atomic E-state index is 10.8. The van der Waals surface area contributed by atoms with Crippen LogP contribution in [0.5, 0.6) is 0 Å². The highest BCUT2D eigenvalue weighted by atomic mass is 16.5. The largest absolute Gasteiger partial charge is 0.343 e. The monoisotopic (exact) mass is 167 g/mol. The van der Waals surface area contributed by atoms with Gasteiger partial charge in [0.1, 0.15) is 0 Å². The molecule has 12 heavy (non-hydrogen) atoms. The van der Waals surface area contributed by atoms with Gasteiger partial charge in [0, 0.05) is 20.0 Å². The fourth-order valence-corrected chi connectivity index (χ4v) is 1.26. The molecule has 0 aliphatic carbocycles. The summed E-state index contributed by atoms with van der Waals surface area (Å²) in [4.78, 5) is 16.5. The first-order valence-corrected chi connectivity index (χ1v) is 3.79. The minimum Gasteiger partial charge on any atom is -0.343 e. The summed E-state index contributed by atoms with van der Waals surface area (Å²) in [6, 6.07) is 0. The van der Waals surface area contributed by atoms with Gasteiger partial charge in [-0.15, -0.1) is 0 Å². The molecule has 2 rings (SSSR count). The number of likely N-dealkylation sites (tertiary alicyclic amines) is 1. The zero-order chi connectivity index (χ0) is 8.55. The Morgan fingerprint density at radius 1 is 1.75 bits per heavy atom. The predicted molar refractivity (Wildman–Crippen MR) is 39.3 cm³/mol. The van der Waals surface area contributed by atoms with Gasteiger partial charge < -0.3 is 9.42 Å². The van der Waals surface area contributed by atoms with Gasteiger partial charge in [0.05, 0.1) is 5.92 Å². The second-order valence-corrected chi connectivity index (χ2v) is 2.91. The van der Waals surface area contributed by atoms with Crippen molar-refractivity contribution >= 4 is 5.91 Å². The third-order valence-corrected chi connectivity index (χ3v) is 2.07. The van der Waals surface area contributed by atoms with Gasteiger partial charge in [-0.3, -0.25) is 4.79 Å². The van der Waals surface area contributed by atoms with Crippen LogP contribution in [0.4, 0.5) is 0 Å². The Balaban J connectivity index is 1.94. The smallest absolute Gasteiger partial charge is 0.219 e. The summed E-state index contributed by atoms with van der Waals surface area (Å²) in [5.74, 6) is 1.08. The number of hydrogen-bond acceptors (Lipinski definition) is 4. The number of hydrogen-bond donors (Lipinski definition) is 0. The molecule has 64 valence electrons. The molecule has 1 amide bonds. The van der Waals surface area contributed by atoms with Crippen LogP contribution in [0.3, 0.4) is 0 Å². The number of carbonyl (C=O) groups excluding carboxylic acids is 1. The SMILES string of the molecule is CC(=O)N1CC(c2ncon2)C1. The second kappa shape index (κ2) is 2.58. The van der Waals surface area contributed by atoms with Crippen LogP contribution in [0.2, 0.25) is 0 Å². The summed E-state index contributed by atoms with van der Waals surface area (Å²) in [7, 11) is 0. The Hall–Kier alpha value is -1.39. The average molecular weight is 167 g/mol. The lowest BCUT2D eigenvalue weighted by Crippen LogP contribution is -2.47. The van der Waals surface area contributed by atoms with Gasteiger partial charge in [-0.2, -0.15) is 4.98 Å². The van der Waals surface area contributed by atoms with Crippen molar-refractivity contribution < 1.29 is 9.32 Å². The van der Waals surface area contributed by atoms with Crippen LogP contribution in [0.15, 0.2) is 10.9 Å². The molecule has 0 saturated carbocycles. The molecule has 0 aromatic carbocycles. The molecular weight excluding hydrogens is 158 g/mol. The summed E-state index contributed by atoms with van der Waals surface area (Å²) in [6.45, 7) is 3.00. The van der Waals surface area contributed by atoms with E-state index in [1.165, 1.54) is 6.39 Å². The fraction of sp³-hybridized carbons (Fsp3) is 0.571. The van der Waals surface area contributed by atoms with Crippen LogP contribution in [0.25, 0.3) is 0 Å². The molecule has 1 aliphatic heterocycles. The van der Waals surface area contributed by atoms with E-state index in [0.29, 0.717) is 5.82 Å². The third kappa shape index (κ3) is 1.07. The molecule has 5 heteroatoms. The van der Waals surface area contributed by atoms with Crippen LogP contribution < -0.4 is 0 Å². The predicted octanol–water partition coefficient (Wildman–Crippen LogP) is 0.0153. The lowest BCUT2D eigenvalue weighted by Gasteiger charge is -2.36. The van der Waals surface area contributed by atoms with Gasteiger partial charge in [0.25, 0.3) is 0 Å². The van der Waals surface area contributed by atoms with Gasteiger partial charge in [-0.1, -0.05) is 5.16 Å². The number of nitrogens with zero attached hydrogens (tertiary/aromatic N) is 3. The normalized spacial score (nSPS) is 17.6. The minimum absolute atomic E-state index is 0.106. The van der Waals surface area contributed by atoms with E-state index in [2.05, 4.69) is 14.7 Å². The van der Waals surface area contributed by atoms with E-state index < -0.39 is 0 Å². The quantitative estimate of drug-likeness (QED) is 0.591. The topological polar surface area (TPSA) is 59.2 Å². The van der Waals surface area contributed by atoms with Crippen LogP contribution in [-0.2, 0) is 4.79 Å². The highest BCUT2D eigenvalue weighted by molar-refractivity contribution is 5.74. The lowest BCUT2D eigenvalue weighted by atomic mass is 10.00. The Bertz CT molecular complexity index is 277. The van der Waals surface area contributed by atoms with Gasteiger partial charge in [0.15, 0.2) is 5.82 Å². The number of carbonyl (C=O) groups is 1. The van der Waals surface area contributed by atoms with E-state index in [1.54, 1.807) is 11.8 Å². The molecule has 1 fully saturated rings. The van der Waals surface area contributed by atoms with Crippen molar-refractivity contribution in [2.75, 3.05) is 13.1 Å². The first-order chi connectivity index (χ1) is 5.77. The van der Waals surface area contributed by atoms with Crippen molar-refractivity contribution in [2.24, 2.45) is 0 Å². The molecule has 2 heterocycles.